The van der Waals surface area contributed by atoms with E-state index in [1.807, 2.05) is 4.90 Å². The van der Waals surface area contributed by atoms with Gasteiger partial charge in [-0.15, -0.1) is 0 Å². The highest BCUT2D eigenvalue weighted by atomic mass is 19.3. The lowest BCUT2D eigenvalue weighted by atomic mass is 9.95. The summed E-state index contributed by atoms with van der Waals surface area (Å²) in [5, 5.41) is 0. The van der Waals surface area contributed by atoms with Crippen LogP contribution in [-0.4, -0.2) is 37.5 Å². The van der Waals surface area contributed by atoms with Crippen LogP contribution in [0.4, 0.5) is 8.78 Å². The molecular weight excluding hydrogens is 174 g/mol. The van der Waals surface area contributed by atoms with Crippen molar-refractivity contribution < 1.29 is 8.78 Å². The van der Waals surface area contributed by atoms with Crippen LogP contribution in [0.25, 0.3) is 0 Å². The maximum atomic E-state index is 12.1. The van der Waals surface area contributed by atoms with E-state index in [0.717, 1.165) is 32.4 Å². The lowest BCUT2D eigenvalue weighted by molar-refractivity contribution is 0.0639. The summed E-state index contributed by atoms with van der Waals surface area (Å²) in [6.07, 6.45) is 0.963. The second-order valence-corrected chi connectivity index (χ2v) is 3.74. The van der Waals surface area contributed by atoms with Gasteiger partial charge < -0.3 is 5.73 Å². The molecule has 1 fully saturated rings. The third-order valence-corrected chi connectivity index (χ3v) is 2.57. The predicted molar refractivity (Wildman–Crippen MR) is 48.8 cm³/mol. The van der Waals surface area contributed by atoms with Gasteiger partial charge >= 0.3 is 0 Å². The van der Waals surface area contributed by atoms with E-state index < -0.39 is 6.43 Å². The molecule has 1 atom stereocenters. The Bertz CT molecular complexity index is 140. The van der Waals surface area contributed by atoms with Crippen LogP contribution < -0.4 is 5.73 Å². The number of alkyl halides is 2. The summed E-state index contributed by atoms with van der Waals surface area (Å²) in [7, 11) is 0. The van der Waals surface area contributed by atoms with Crippen molar-refractivity contribution in [2.24, 2.45) is 11.7 Å². The lowest BCUT2D eigenvalue weighted by Gasteiger charge is -2.32. The highest BCUT2D eigenvalue weighted by Gasteiger charge is 2.21. The molecule has 0 aliphatic carbocycles. The predicted octanol–water partition coefficient (Wildman–Crippen LogP) is 1.31. The minimum Gasteiger partial charge on any atom is -0.330 e. The fraction of sp³-hybridized carbons (Fsp3) is 1.00. The first-order valence-electron chi connectivity index (χ1n) is 4.93. The maximum absolute atomic E-state index is 12.1. The van der Waals surface area contributed by atoms with Gasteiger partial charge in [0.1, 0.15) is 0 Å². The number of likely N-dealkylation sites (tertiary alicyclic amines) is 1. The van der Waals surface area contributed by atoms with E-state index in [0.29, 0.717) is 12.5 Å². The Kier molecular flexibility index (Phi) is 4.59. The number of nitrogens with zero attached hydrogens (tertiary/aromatic N) is 1. The zero-order chi connectivity index (χ0) is 9.68. The van der Waals surface area contributed by atoms with Gasteiger partial charge in [-0.05, 0) is 38.3 Å². The summed E-state index contributed by atoms with van der Waals surface area (Å²) < 4.78 is 24.1. The Balaban J connectivity index is 2.24. The van der Waals surface area contributed by atoms with Crippen LogP contribution in [0.15, 0.2) is 0 Å². The molecule has 0 bridgehead atoms. The first kappa shape index (κ1) is 10.9. The van der Waals surface area contributed by atoms with Crippen LogP contribution >= 0.6 is 0 Å². The molecule has 0 aromatic carbocycles. The first-order chi connectivity index (χ1) is 6.22. The Morgan fingerprint density at radius 3 is 2.85 bits per heavy atom. The van der Waals surface area contributed by atoms with Crippen LogP contribution in [0.3, 0.4) is 0 Å². The Morgan fingerprint density at radius 1 is 1.46 bits per heavy atom. The van der Waals surface area contributed by atoms with Gasteiger partial charge in [-0.1, -0.05) is 0 Å². The molecule has 13 heavy (non-hydrogen) atoms. The molecule has 1 aliphatic heterocycles. The average Bonchev–Trinajstić information content (AvgIpc) is 2.04. The van der Waals surface area contributed by atoms with E-state index in [4.69, 9.17) is 5.73 Å². The Labute approximate surface area is 78.1 Å². The maximum Gasteiger partial charge on any atom is 0.251 e. The van der Waals surface area contributed by atoms with Gasteiger partial charge in [0.25, 0.3) is 6.43 Å². The Hall–Kier alpha value is -0.220. The number of hydrogen-bond donors (Lipinski definition) is 1. The van der Waals surface area contributed by atoms with E-state index in [9.17, 15) is 8.78 Å². The second kappa shape index (κ2) is 5.50. The van der Waals surface area contributed by atoms with E-state index in [1.165, 1.54) is 0 Å². The summed E-state index contributed by atoms with van der Waals surface area (Å²) in [5.74, 6) is 0.539. The van der Waals surface area contributed by atoms with Crippen molar-refractivity contribution in [3.63, 3.8) is 0 Å². The fourth-order valence-electron chi connectivity index (χ4n) is 1.98. The molecule has 78 valence electrons. The molecule has 1 unspecified atom stereocenters. The van der Waals surface area contributed by atoms with E-state index in [-0.39, 0.29) is 6.54 Å². The third kappa shape index (κ3) is 4.00. The van der Waals surface area contributed by atoms with Gasteiger partial charge in [0.05, 0.1) is 6.54 Å². The van der Waals surface area contributed by atoms with Gasteiger partial charge in [0, 0.05) is 6.54 Å². The van der Waals surface area contributed by atoms with Crippen LogP contribution in [0.2, 0.25) is 0 Å². The van der Waals surface area contributed by atoms with Crippen molar-refractivity contribution in [3.8, 4) is 0 Å². The molecule has 1 rings (SSSR count). The number of hydrogen-bond acceptors (Lipinski definition) is 2. The van der Waals surface area contributed by atoms with Gasteiger partial charge in [0.2, 0.25) is 0 Å². The zero-order valence-corrected chi connectivity index (χ0v) is 7.88. The van der Waals surface area contributed by atoms with Gasteiger partial charge in [-0.3, -0.25) is 4.90 Å². The molecule has 1 saturated heterocycles. The Morgan fingerprint density at radius 2 is 2.23 bits per heavy atom. The van der Waals surface area contributed by atoms with Crippen LogP contribution in [0, 0.1) is 5.92 Å². The van der Waals surface area contributed by atoms with Crippen LogP contribution in [0.5, 0.6) is 0 Å². The van der Waals surface area contributed by atoms with E-state index in [2.05, 4.69) is 0 Å². The average molecular weight is 192 g/mol. The van der Waals surface area contributed by atoms with Crippen LogP contribution in [0.1, 0.15) is 19.3 Å². The molecule has 0 amide bonds. The number of rotatable bonds is 4. The van der Waals surface area contributed by atoms with Gasteiger partial charge in [0.15, 0.2) is 0 Å². The molecule has 2 nitrogen and oxygen atoms in total. The van der Waals surface area contributed by atoms with Crippen molar-refractivity contribution in [1.29, 1.82) is 0 Å². The topological polar surface area (TPSA) is 29.3 Å². The summed E-state index contributed by atoms with van der Waals surface area (Å²) in [6, 6.07) is 0. The fourth-order valence-corrected chi connectivity index (χ4v) is 1.98. The number of nitrogens with two attached hydrogens (primary N) is 1. The molecular formula is C9H18F2N2. The third-order valence-electron chi connectivity index (χ3n) is 2.57. The van der Waals surface area contributed by atoms with Crippen molar-refractivity contribution in [2.75, 3.05) is 26.2 Å². The molecule has 0 aromatic heterocycles. The molecule has 1 heterocycles. The second-order valence-electron chi connectivity index (χ2n) is 3.74. The number of piperidine rings is 1. The molecule has 1 aliphatic rings. The van der Waals surface area contributed by atoms with Crippen molar-refractivity contribution >= 4 is 0 Å². The summed E-state index contributed by atoms with van der Waals surface area (Å²) in [4.78, 5) is 1.86. The SMILES string of the molecule is NCCC1CCCN(CC(F)F)C1. The molecule has 0 aromatic rings. The van der Waals surface area contributed by atoms with E-state index in [1.54, 1.807) is 0 Å². The quantitative estimate of drug-likeness (QED) is 0.727. The van der Waals surface area contributed by atoms with Crippen LogP contribution in [-0.2, 0) is 0 Å². The van der Waals surface area contributed by atoms with E-state index >= 15 is 0 Å². The molecule has 4 heteroatoms. The lowest BCUT2D eigenvalue weighted by Crippen LogP contribution is -2.38. The standard InChI is InChI=1S/C9H18F2N2/c10-9(11)7-13-5-1-2-8(6-13)3-4-12/h8-9H,1-7,12H2. The molecule has 2 N–H and O–H groups in total. The summed E-state index contributed by atoms with van der Waals surface area (Å²) in [5.41, 5.74) is 5.44. The van der Waals surface area contributed by atoms with Gasteiger partial charge in [-0.25, -0.2) is 8.78 Å². The minimum atomic E-state index is -2.20. The molecule has 0 radical (unpaired) electrons. The van der Waals surface area contributed by atoms with Crippen molar-refractivity contribution in [3.05, 3.63) is 0 Å². The van der Waals surface area contributed by atoms with Crippen molar-refractivity contribution in [2.45, 2.75) is 25.7 Å². The monoisotopic (exact) mass is 192 g/mol. The smallest absolute Gasteiger partial charge is 0.251 e. The molecule has 0 saturated carbocycles. The van der Waals surface area contributed by atoms with Crippen molar-refractivity contribution in [1.82, 2.24) is 4.90 Å². The number of halogens is 2. The first-order valence-corrected chi connectivity index (χ1v) is 4.93. The van der Waals surface area contributed by atoms with Gasteiger partial charge in [-0.2, -0.15) is 0 Å². The largest absolute Gasteiger partial charge is 0.330 e. The highest BCUT2D eigenvalue weighted by molar-refractivity contribution is 4.73. The zero-order valence-electron chi connectivity index (χ0n) is 7.88. The normalized spacial score (nSPS) is 25.4. The summed E-state index contributed by atoms with van der Waals surface area (Å²) >= 11 is 0. The molecule has 0 spiro atoms. The highest BCUT2D eigenvalue weighted by Crippen LogP contribution is 2.19. The summed E-state index contributed by atoms with van der Waals surface area (Å²) in [6.45, 7) is 2.24. The minimum absolute atomic E-state index is 0.0684.